The van der Waals surface area contributed by atoms with Gasteiger partial charge in [0, 0.05) is 24.2 Å². The quantitative estimate of drug-likeness (QED) is 0.512. The van der Waals surface area contributed by atoms with Crippen LogP contribution >= 0.6 is 0 Å². The molecule has 0 atom stereocenters. The van der Waals surface area contributed by atoms with Gasteiger partial charge in [-0.15, -0.1) is 0 Å². The molecule has 1 amide bonds. The Labute approximate surface area is 172 Å². The lowest BCUT2D eigenvalue weighted by Gasteiger charge is -2.26. The molecule has 0 radical (unpaired) electrons. The van der Waals surface area contributed by atoms with Crippen LogP contribution in [0, 0.1) is 0 Å². The molecule has 0 N–H and O–H groups in total. The molecule has 1 aliphatic rings. The topological polar surface area (TPSA) is 90.8 Å². The Kier molecular flexibility index (Phi) is 4.68. The van der Waals surface area contributed by atoms with Gasteiger partial charge in [0.15, 0.2) is 5.58 Å². The van der Waals surface area contributed by atoms with Crippen LogP contribution in [0.5, 0.6) is 5.75 Å². The molecule has 0 saturated carbocycles. The average Bonchev–Trinajstić information content (AvgIpc) is 3.46. The lowest BCUT2D eigenvalue weighted by molar-refractivity contribution is 0.0303. The number of carbonyl (C=O) groups excluding carboxylic acids is 1. The molecular formula is C22H19N3O5. The van der Waals surface area contributed by atoms with Crippen molar-refractivity contribution >= 4 is 16.9 Å². The third kappa shape index (κ3) is 3.31. The van der Waals surface area contributed by atoms with Crippen molar-refractivity contribution in [2.45, 2.75) is 0 Å². The molecule has 0 unspecified atom stereocenters. The first-order valence-electron chi connectivity index (χ1n) is 9.60. The highest BCUT2D eigenvalue weighted by Gasteiger charge is 2.21. The molecular weight excluding hydrogens is 386 g/mol. The van der Waals surface area contributed by atoms with Crippen molar-refractivity contribution in [3.63, 3.8) is 0 Å². The number of nitrogens with zero attached hydrogens (tertiary/aromatic N) is 3. The van der Waals surface area contributed by atoms with Crippen LogP contribution in [0.25, 0.3) is 33.8 Å². The second-order valence-electron chi connectivity index (χ2n) is 6.92. The van der Waals surface area contributed by atoms with E-state index in [9.17, 15) is 4.79 Å². The normalized spacial score (nSPS) is 14.2. The lowest BCUT2D eigenvalue weighted by Crippen LogP contribution is -2.40. The lowest BCUT2D eigenvalue weighted by atomic mass is 10.1. The summed E-state index contributed by atoms with van der Waals surface area (Å²) in [6.07, 6.45) is 1.53. The van der Waals surface area contributed by atoms with Gasteiger partial charge in [-0.25, -0.2) is 4.98 Å². The minimum atomic E-state index is -0.0374. The number of morpholine rings is 1. The van der Waals surface area contributed by atoms with Gasteiger partial charge in [0.1, 0.15) is 23.4 Å². The summed E-state index contributed by atoms with van der Waals surface area (Å²) in [5.41, 5.74) is 3.00. The average molecular weight is 405 g/mol. The summed E-state index contributed by atoms with van der Waals surface area (Å²) in [7, 11) is 1.61. The van der Waals surface area contributed by atoms with Gasteiger partial charge in [-0.3, -0.25) is 4.79 Å². The fraction of sp³-hybridized carbons (Fsp3) is 0.227. The molecule has 0 spiro atoms. The van der Waals surface area contributed by atoms with Gasteiger partial charge in [0.05, 0.1) is 25.7 Å². The van der Waals surface area contributed by atoms with Crippen molar-refractivity contribution in [2.75, 3.05) is 33.4 Å². The van der Waals surface area contributed by atoms with Crippen molar-refractivity contribution in [3.8, 4) is 28.6 Å². The van der Waals surface area contributed by atoms with Crippen LogP contribution in [0.4, 0.5) is 0 Å². The summed E-state index contributed by atoms with van der Waals surface area (Å²) >= 11 is 0. The summed E-state index contributed by atoms with van der Waals surface area (Å²) in [6, 6.07) is 12.7. The zero-order chi connectivity index (χ0) is 20.5. The first-order valence-corrected chi connectivity index (χ1v) is 9.60. The van der Waals surface area contributed by atoms with Crippen LogP contribution in [0.15, 0.2) is 57.7 Å². The van der Waals surface area contributed by atoms with Gasteiger partial charge in [-0.1, -0.05) is 11.2 Å². The van der Waals surface area contributed by atoms with Crippen molar-refractivity contribution in [1.29, 1.82) is 0 Å². The molecule has 5 rings (SSSR count). The zero-order valence-corrected chi connectivity index (χ0v) is 16.3. The Morgan fingerprint density at radius 2 is 2.00 bits per heavy atom. The van der Waals surface area contributed by atoms with E-state index in [1.54, 1.807) is 30.2 Å². The molecule has 4 aromatic rings. The van der Waals surface area contributed by atoms with E-state index in [0.29, 0.717) is 65.9 Å². The SMILES string of the molecule is COc1cccc(-c2nc(-c3noc4ccc(C(=O)N5CCOCC5)cc34)co2)c1. The Morgan fingerprint density at radius 1 is 1.13 bits per heavy atom. The van der Waals surface area contributed by atoms with Gasteiger partial charge in [-0.05, 0) is 36.4 Å². The van der Waals surface area contributed by atoms with E-state index in [1.165, 1.54) is 6.26 Å². The maximum Gasteiger partial charge on any atom is 0.254 e. The van der Waals surface area contributed by atoms with Crippen LogP contribution < -0.4 is 4.74 Å². The molecule has 8 heteroatoms. The van der Waals surface area contributed by atoms with Crippen LogP contribution in [-0.4, -0.2) is 54.4 Å². The van der Waals surface area contributed by atoms with Gasteiger partial charge in [0.2, 0.25) is 5.89 Å². The highest BCUT2D eigenvalue weighted by Crippen LogP contribution is 2.31. The Balaban J connectivity index is 1.49. The number of fused-ring (bicyclic) bond motifs is 1. The van der Waals surface area contributed by atoms with Crippen LogP contribution in [0.1, 0.15) is 10.4 Å². The second-order valence-corrected chi connectivity index (χ2v) is 6.92. The number of benzene rings is 2. The van der Waals surface area contributed by atoms with Gasteiger partial charge in [-0.2, -0.15) is 0 Å². The van der Waals surface area contributed by atoms with Gasteiger partial charge < -0.3 is 23.3 Å². The Hall–Kier alpha value is -3.65. The third-order valence-corrected chi connectivity index (χ3v) is 5.08. The molecule has 0 bridgehead atoms. The summed E-state index contributed by atoms with van der Waals surface area (Å²) in [5.74, 6) is 1.12. The molecule has 0 aliphatic carbocycles. The number of hydrogen-bond donors (Lipinski definition) is 0. The van der Waals surface area contributed by atoms with E-state index in [-0.39, 0.29) is 5.91 Å². The number of hydrogen-bond acceptors (Lipinski definition) is 7. The summed E-state index contributed by atoms with van der Waals surface area (Å²) in [5, 5.41) is 4.86. The maximum atomic E-state index is 12.8. The molecule has 1 fully saturated rings. The molecule has 30 heavy (non-hydrogen) atoms. The molecule has 2 aromatic carbocycles. The fourth-order valence-corrected chi connectivity index (χ4v) is 3.48. The Bertz CT molecular complexity index is 1210. The first-order chi connectivity index (χ1) is 14.7. The summed E-state index contributed by atoms with van der Waals surface area (Å²) < 4.78 is 21.7. The second kappa shape index (κ2) is 7.64. The largest absolute Gasteiger partial charge is 0.497 e. The number of aromatic nitrogens is 2. The highest BCUT2D eigenvalue weighted by molar-refractivity contribution is 6.00. The smallest absolute Gasteiger partial charge is 0.254 e. The van der Waals surface area contributed by atoms with Crippen LogP contribution in [0.2, 0.25) is 0 Å². The van der Waals surface area contributed by atoms with E-state index in [0.717, 1.165) is 5.56 Å². The van der Waals surface area contributed by atoms with E-state index >= 15 is 0 Å². The first kappa shape index (κ1) is 18.4. The monoisotopic (exact) mass is 405 g/mol. The van der Waals surface area contributed by atoms with Crippen molar-refractivity contribution < 1.29 is 23.2 Å². The minimum absolute atomic E-state index is 0.0374. The van der Waals surface area contributed by atoms with Crippen molar-refractivity contribution in [3.05, 3.63) is 54.3 Å². The predicted molar refractivity (Wildman–Crippen MR) is 108 cm³/mol. The third-order valence-electron chi connectivity index (χ3n) is 5.08. The number of amides is 1. The number of ether oxygens (including phenoxy) is 2. The molecule has 1 saturated heterocycles. The van der Waals surface area contributed by atoms with Crippen LogP contribution in [-0.2, 0) is 4.74 Å². The molecule has 1 aliphatic heterocycles. The molecule has 152 valence electrons. The molecule has 3 heterocycles. The van der Waals surface area contributed by atoms with E-state index in [4.69, 9.17) is 18.4 Å². The number of carbonyl (C=O) groups is 1. The predicted octanol–water partition coefficient (Wildman–Crippen LogP) is 3.63. The molecule has 8 nitrogen and oxygen atoms in total. The van der Waals surface area contributed by atoms with Gasteiger partial charge in [0.25, 0.3) is 5.91 Å². The maximum absolute atomic E-state index is 12.8. The summed E-state index contributed by atoms with van der Waals surface area (Å²) in [6.45, 7) is 2.28. The van der Waals surface area contributed by atoms with Crippen LogP contribution in [0.3, 0.4) is 0 Å². The Morgan fingerprint density at radius 3 is 2.83 bits per heavy atom. The molecule has 2 aromatic heterocycles. The van der Waals surface area contributed by atoms with Gasteiger partial charge >= 0.3 is 0 Å². The highest BCUT2D eigenvalue weighted by atomic mass is 16.5. The van der Waals surface area contributed by atoms with Crippen molar-refractivity contribution in [2.24, 2.45) is 0 Å². The minimum Gasteiger partial charge on any atom is -0.497 e. The number of methoxy groups -OCH3 is 1. The standard InChI is InChI=1S/C22H19N3O5/c1-27-16-4-2-3-14(11-16)21-23-18(13-29-21)20-17-12-15(5-6-19(17)30-24-20)22(26)25-7-9-28-10-8-25/h2-6,11-13H,7-10H2,1H3. The van der Waals surface area contributed by atoms with E-state index in [2.05, 4.69) is 10.1 Å². The van der Waals surface area contributed by atoms with Crippen molar-refractivity contribution in [1.82, 2.24) is 15.0 Å². The summed E-state index contributed by atoms with van der Waals surface area (Å²) in [4.78, 5) is 19.2. The van der Waals surface area contributed by atoms with E-state index < -0.39 is 0 Å². The van der Waals surface area contributed by atoms with E-state index in [1.807, 2.05) is 24.3 Å². The number of rotatable bonds is 4. The zero-order valence-electron chi connectivity index (χ0n) is 16.3. The number of oxazole rings is 1. The fourth-order valence-electron chi connectivity index (χ4n) is 3.48.